The van der Waals surface area contributed by atoms with Crippen molar-refractivity contribution < 1.29 is 43.1 Å². The van der Waals surface area contributed by atoms with Gasteiger partial charge in [0.25, 0.3) is 0 Å². The van der Waals surface area contributed by atoms with Crippen molar-refractivity contribution in [2.24, 2.45) is 0 Å². The van der Waals surface area contributed by atoms with Crippen molar-refractivity contribution in [3.8, 4) is 11.5 Å². The average molecular weight is 1110 g/mol. The van der Waals surface area contributed by atoms with E-state index in [4.69, 9.17) is 28.4 Å². The maximum absolute atomic E-state index is 13.7. The number of nitrogens with zero attached hydrogens (tertiary/aromatic N) is 4. The first-order chi connectivity index (χ1) is 39.8. The lowest BCUT2D eigenvalue weighted by Crippen LogP contribution is -2.54. The molecule has 0 spiro atoms. The number of amides is 2. The van der Waals surface area contributed by atoms with Gasteiger partial charge < -0.3 is 54.8 Å². The molecule has 0 aliphatic carbocycles. The van der Waals surface area contributed by atoms with Crippen LogP contribution in [-0.2, 0) is 51.4 Å². The number of ether oxygens (including phenoxy) is 6. The molecule has 2 amide bonds. The van der Waals surface area contributed by atoms with Gasteiger partial charge in [0.1, 0.15) is 35.9 Å². The smallest absolute Gasteiger partial charge is 0.407 e. The molecular formula is C64H84N8O9. The van der Waals surface area contributed by atoms with Gasteiger partial charge in [-0.15, -0.1) is 0 Å². The Morgan fingerprint density at radius 2 is 1.12 bits per heavy atom. The summed E-state index contributed by atoms with van der Waals surface area (Å²) in [6.07, 6.45) is 1.64. The quantitative estimate of drug-likeness (QED) is 0.0417. The summed E-state index contributed by atoms with van der Waals surface area (Å²) in [6.45, 7) is 11.8. The highest BCUT2D eigenvalue weighted by Gasteiger charge is 2.41. The minimum atomic E-state index is -0.836. The molecule has 17 nitrogen and oxygen atoms in total. The van der Waals surface area contributed by atoms with Crippen LogP contribution in [0.4, 0.5) is 9.59 Å². The summed E-state index contributed by atoms with van der Waals surface area (Å²) in [5, 5.41) is 24.0. The maximum atomic E-state index is 13.7. The second-order valence-corrected chi connectivity index (χ2v) is 22.5. The van der Waals surface area contributed by atoms with E-state index in [1.807, 2.05) is 60.7 Å². The molecule has 0 bridgehead atoms. The van der Waals surface area contributed by atoms with Gasteiger partial charge in [0, 0.05) is 110 Å². The van der Waals surface area contributed by atoms with Gasteiger partial charge in [0.15, 0.2) is 6.79 Å². The summed E-state index contributed by atoms with van der Waals surface area (Å²) >= 11 is 0. The highest BCUT2D eigenvalue weighted by atomic mass is 16.7. The van der Waals surface area contributed by atoms with Crippen LogP contribution >= 0.6 is 0 Å². The highest BCUT2D eigenvalue weighted by molar-refractivity contribution is 5.68. The fourth-order valence-corrected chi connectivity index (χ4v) is 12.3. The lowest BCUT2D eigenvalue weighted by molar-refractivity contribution is -0.0759. The predicted molar refractivity (Wildman–Crippen MR) is 311 cm³/mol. The summed E-state index contributed by atoms with van der Waals surface area (Å²) in [4.78, 5) is 37.2. The van der Waals surface area contributed by atoms with Crippen LogP contribution in [0.3, 0.4) is 0 Å². The van der Waals surface area contributed by atoms with Crippen LogP contribution in [0.5, 0.6) is 11.5 Å². The Balaban J connectivity index is 0.691. The second kappa shape index (κ2) is 29.7. The Morgan fingerprint density at radius 1 is 0.605 bits per heavy atom. The van der Waals surface area contributed by atoms with Gasteiger partial charge in [-0.2, -0.15) is 0 Å². The molecule has 0 saturated carbocycles. The molecule has 0 aromatic heterocycles. The Bertz CT molecular complexity index is 2660. The summed E-state index contributed by atoms with van der Waals surface area (Å²) in [6, 6.07) is 47.4. The molecule has 5 heterocycles. The summed E-state index contributed by atoms with van der Waals surface area (Å²) in [5.41, 5.74) is 5.92. The number of β-amino-alcohol motifs (C(OH)–C–C–N with tert-alkyl or cyclic N) is 1. The van der Waals surface area contributed by atoms with Crippen molar-refractivity contribution in [2.45, 2.75) is 113 Å². The number of aliphatic hydroxyl groups excluding tert-OH is 1. The minimum absolute atomic E-state index is 0.0527. The van der Waals surface area contributed by atoms with Crippen molar-refractivity contribution >= 4 is 12.2 Å². The van der Waals surface area contributed by atoms with Crippen molar-refractivity contribution in [3.05, 3.63) is 167 Å². The molecule has 17 heteroatoms. The van der Waals surface area contributed by atoms with Crippen molar-refractivity contribution in [1.29, 1.82) is 0 Å². The molecule has 10 rings (SSSR count). The first-order valence-electron chi connectivity index (χ1n) is 29.4. The first kappa shape index (κ1) is 58.1. The minimum Gasteiger partial charge on any atom is -0.497 e. The average Bonchev–Trinajstić information content (AvgIpc) is 4.27. The van der Waals surface area contributed by atoms with E-state index in [0.29, 0.717) is 50.9 Å². The lowest BCUT2D eigenvalue weighted by Gasteiger charge is -2.42. The number of alkyl carbamates (subject to hydrolysis) is 2. The number of methoxy groups -OCH3 is 1. The largest absolute Gasteiger partial charge is 0.497 e. The standard InChI is InChI=1S/C64H84N8O9/c1-76-54-23-19-47(20-24-54)37-58-62(81-64(75)66-30-28-53-44-70(45-56-18-11-35-77-56)32-34-72(53)42-51-16-9-4-10-17-51)60(39-68-58)79-46-78-55-25-21-48(22-26-55)36-57-61(59(73)38-67-57)80-63(74)65-29-27-52-43-69(40-49-12-5-2-6-13-49)31-33-71(52)41-50-14-7-3-8-15-50/h2-10,12-17,19-26,52-53,56-62,67-68,73H,11,18,27-46H2,1H3,(H,65,74)(H,66,75)/t52-,53-,56?,57+,58+,59-,60-,61-,62-/m0/s1. The SMILES string of the molecule is COc1ccc(C[C@H]2NC[C@H](OCOc3ccc(C[C@H]4NC[C@H](O)[C@H]4OC(=O)NCC[C@H]4CN(Cc5ccccc5)CCN4Cc4ccccc4)cc3)[C@H]2OC(=O)NCC[C@H]2CN(CC3CCCO3)CCN2Cc2ccccc2)cc1. The maximum Gasteiger partial charge on any atom is 0.407 e. The first-order valence-corrected chi connectivity index (χ1v) is 29.4. The monoisotopic (exact) mass is 1110 g/mol. The zero-order valence-corrected chi connectivity index (χ0v) is 47.0. The Labute approximate surface area is 478 Å². The zero-order chi connectivity index (χ0) is 55.6. The van der Waals surface area contributed by atoms with Crippen molar-refractivity contribution in [2.75, 3.05) is 92.5 Å². The van der Waals surface area contributed by atoms with Gasteiger partial charge in [0.2, 0.25) is 0 Å². The third-order valence-electron chi connectivity index (χ3n) is 16.8. The number of rotatable bonds is 25. The summed E-state index contributed by atoms with van der Waals surface area (Å²) in [5.74, 6) is 1.39. The van der Waals surface area contributed by atoms with E-state index < -0.39 is 36.6 Å². The van der Waals surface area contributed by atoms with Crippen LogP contribution in [0.2, 0.25) is 0 Å². The van der Waals surface area contributed by atoms with E-state index in [2.05, 4.69) is 120 Å². The molecule has 1 unspecified atom stereocenters. The van der Waals surface area contributed by atoms with Gasteiger partial charge in [-0.25, -0.2) is 9.59 Å². The van der Waals surface area contributed by atoms with Crippen LogP contribution in [0, 0.1) is 0 Å². The Hall–Kier alpha value is -6.12. The molecule has 81 heavy (non-hydrogen) atoms. The number of carbonyl (C=O) groups is 2. The topological polar surface area (TPSA) is 171 Å². The van der Waals surface area contributed by atoms with E-state index in [9.17, 15) is 14.7 Å². The van der Waals surface area contributed by atoms with E-state index in [0.717, 1.165) is 115 Å². The molecule has 5 aliphatic rings. The number of hydrogen-bond donors (Lipinski definition) is 5. The van der Waals surface area contributed by atoms with E-state index in [-0.39, 0.29) is 31.0 Å². The molecule has 5 N–H and O–H groups in total. The van der Waals surface area contributed by atoms with E-state index in [1.165, 1.54) is 16.7 Å². The van der Waals surface area contributed by atoms with Crippen molar-refractivity contribution in [3.63, 3.8) is 0 Å². The summed E-state index contributed by atoms with van der Waals surface area (Å²) in [7, 11) is 1.65. The third-order valence-corrected chi connectivity index (χ3v) is 16.8. The second-order valence-electron chi connectivity index (χ2n) is 22.5. The van der Waals surface area contributed by atoms with Gasteiger partial charge in [-0.05, 0) is 90.6 Å². The molecule has 5 aromatic rings. The molecule has 5 aliphatic heterocycles. The normalized spacial score (nSPS) is 25.6. The fraction of sp³-hybridized carbons (Fsp3) is 0.500. The third kappa shape index (κ3) is 17.2. The van der Waals surface area contributed by atoms with Gasteiger partial charge in [-0.3, -0.25) is 19.6 Å². The predicted octanol–water partition coefficient (Wildman–Crippen LogP) is 6.23. The van der Waals surface area contributed by atoms with Crippen LogP contribution in [-0.4, -0.2) is 184 Å². The number of piperazine rings is 2. The number of carbonyl (C=O) groups excluding carboxylic acids is 2. The molecule has 5 saturated heterocycles. The zero-order valence-electron chi connectivity index (χ0n) is 47.0. The summed E-state index contributed by atoms with van der Waals surface area (Å²) < 4.78 is 36.1. The molecule has 0 radical (unpaired) electrons. The molecule has 5 fully saturated rings. The molecular weight excluding hydrogens is 1020 g/mol. The number of nitrogens with one attached hydrogen (secondary N) is 4. The highest BCUT2D eigenvalue weighted by Crippen LogP contribution is 2.26. The van der Waals surface area contributed by atoms with Gasteiger partial charge in [-0.1, -0.05) is 115 Å². The number of aliphatic hydroxyl groups is 1. The van der Waals surface area contributed by atoms with Crippen LogP contribution in [0.1, 0.15) is 53.5 Å². The van der Waals surface area contributed by atoms with Gasteiger partial charge in [0.05, 0.1) is 25.3 Å². The van der Waals surface area contributed by atoms with Crippen molar-refractivity contribution in [1.82, 2.24) is 40.9 Å². The number of hydrogen-bond acceptors (Lipinski definition) is 15. The van der Waals surface area contributed by atoms with Crippen LogP contribution in [0.15, 0.2) is 140 Å². The fourth-order valence-electron chi connectivity index (χ4n) is 12.3. The molecule has 5 aromatic carbocycles. The molecule has 434 valence electrons. The molecule has 9 atom stereocenters. The Morgan fingerprint density at radius 3 is 1.69 bits per heavy atom. The van der Waals surface area contributed by atoms with Gasteiger partial charge >= 0.3 is 12.2 Å². The van der Waals surface area contributed by atoms with E-state index >= 15 is 0 Å². The van der Waals surface area contributed by atoms with Crippen LogP contribution < -0.4 is 30.7 Å². The van der Waals surface area contributed by atoms with Crippen LogP contribution in [0.25, 0.3) is 0 Å². The lowest BCUT2D eigenvalue weighted by atomic mass is 10.0. The Kier molecular flexibility index (Phi) is 21.3. The number of benzene rings is 5. The van der Waals surface area contributed by atoms with E-state index in [1.54, 1.807) is 7.11 Å².